The van der Waals surface area contributed by atoms with Gasteiger partial charge in [-0.2, -0.15) is 0 Å². The third-order valence-electron chi connectivity index (χ3n) is 2.60. The molecule has 0 fully saturated rings. The summed E-state index contributed by atoms with van der Waals surface area (Å²) in [4.78, 5) is 1.14. The Bertz CT molecular complexity index is 528. The third kappa shape index (κ3) is 2.99. The second-order valence-electron chi connectivity index (χ2n) is 4.03. The number of aliphatic hydroxyl groups excluding tert-OH is 1. The van der Waals surface area contributed by atoms with Crippen molar-refractivity contribution in [3.63, 3.8) is 0 Å². The monoisotopic (exact) mass is 374 g/mol. The molecule has 1 aromatic carbocycles. The molecule has 17 heavy (non-hydrogen) atoms. The SMILES string of the molecule is Cc1cc(Br)cc(C(O)c2cc(Br)sc2C)c1. The largest absolute Gasteiger partial charge is 0.384 e. The summed E-state index contributed by atoms with van der Waals surface area (Å²) in [6.45, 7) is 4.05. The molecule has 0 saturated heterocycles. The van der Waals surface area contributed by atoms with Crippen LogP contribution in [0.2, 0.25) is 0 Å². The molecule has 1 heterocycles. The van der Waals surface area contributed by atoms with Gasteiger partial charge in [0.25, 0.3) is 0 Å². The average molecular weight is 376 g/mol. The summed E-state index contributed by atoms with van der Waals surface area (Å²) in [7, 11) is 0. The molecular formula is C13H12Br2OS. The molecular weight excluding hydrogens is 364 g/mol. The topological polar surface area (TPSA) is 20.2 Å². The zero-order chi connectivity index (χ0) is 12.6. The molecule has 1 unspecified atom stereocenters. The van der Waals surface area contributed by atoms with E-state index in [1.54, 1.807) is 11.3 Å². The second-order valence-corrected chi connectivity index (χ2v) is 7.58. The van der Waals surface area contributed by atoms with E-state index in [4.69, 9.17) is 0 Å². The van der Waals surface area contributed by atoms with E-state index in [-0.39, 0.29) is 0 Å². The summed E-state index contributed by atoms with van der Waals surface area (Å²) in [5, 5.41) is 10.4. The highest BCUT2D eigenvalue weighted by atomic mass is 79.9. The fraction of sp³-hybridized carbons (Fsp3) is 0.231. The number of aryl methyl sites for hydroxylation is 2. The Hall–Kier alpha value is -0.160. The number of thiophene rings is 1. The smallest absolute Gasteiger partial charge is 0.105 e. The van der Waals surface area contributed by atoms with E-state index in [9.17, 15) is 5.11 Å². The molecule has 4 heteroatoms. The maximum atomic E-state index is 10.4. The van der Waals surface area contributed by atoms with Crippen LogP contribution in [0.3, 0.4) is 0 Å². The summed E-state index contributed by atoms with van der Waals surface area (Å²) < 4.78 is 2.05. The first kappa shape index (κ1) is 13.3. The lowest BCUT2D eigenvalue weighted by atomic mass is 10.0. The minimum atomic E-state index is -0.561. The van der Waals surface area contributed by atoms with Crippen molar-refractivity contribution in [2.75, 3.05) is 0 Å². The van der Waals surface area contributed by atoms with E-state index < -0.39 is 6.10 Å². The summed E-state index contributed by atoms with van der Waals surface area (Å²) in [5.41, 5.74) is 3.03. The van der Waals surface area contributed by atoms with Crippen LogP contribution in [0.1, 0.15) is 27.7 Å². The number of hydrogen-bond donors (Lipinski definition) is 1. The Kier molecular flexibility index (Phi) is 4.08. The minimum Gasteiger partial charge on any atom is -0.384 e. The van der Waals surface area contributed by atoms with Gasteiger partial charge >= 0.3 is 0 Å². The van der Waals surface area contributed by atoms with Crippen LogP contribution < -0.4 is 0 Å². The zero-order valence-corrected chi connectivity index (χ0v) is 13.5. The van der Waals surface area contributed by atoms with Crippen molar-refractivity contribution in [1.29, 1.82) is 0 Å². The van der Waals surface area contributed by atoms with E-state index in [1.807, 2.05) is 38.1 Å². The number of rotatable bonds is 2. The van der Waals surface area contributed by atoms with Crippen molar-refractivity contribution < 1.29 is 5.11 Å². The molecule has 1 atom stereocenters. The molecule has 0 spiro atoms. The Labute approximate surface area is 122 Å². The van der Waals surface area contributed by atoms with Gasteiger partial charge in [-0.1, -0.05) is 22.0 Å². The van der Waals surface area contributed by atoms with Crippen LogP contribution in [-0.4, -0.2) is 5.11 Å². The average Bonchev–Trinajstić information content (AvgIpc) is 2.55. The van der Waals surface area contributed by atoms with Gasteiger partial charge in [-0.05, 0) is 64.7 Å². The first-order valence-electron chi connectivity index (χ1n) is 5.18. The van der Waals surface area contributed by atoms with Crippen LogP contribution in [0.15, 0.2) is 32.5 Å². The first-order valence-corrected chi connectivity index (χ1v) is 7.58. The fourth-order valence-electron chi connectivity index (χ4n) is 1.83. The van der Waals surface area contributed by atoms with Gasteiger partial charge in [0, 0.05) is 9.35 Å². The molecule has 1 aromatic heterocycles. The highest BCUT2D eigenvalue weighted by molar-refractivity contribution is 9.11. The van der Waals surface area contributed by atoms with Gasteiger partial charge < -0.3 is 5.11 Å². The number of hydrogen-bond acceptors (Lipinski definition) is 2. The van der Waals surface area contributed by atoms with Crippen molar-refractivity contribution >= 4 is 43.2 Å². The normalized spacial score (nSPS) is 12.8. The molecule has 0 aliphatic rings. The highest BCUT2D eigenvalue weighted by Crippen LogP contribution is 2.34. The predicted octanol–water partition coefficient (Wildman–Crippen LogP) is 4.97. The Morgan fingerprint density at radius 1 is 1.12 bits per heavy atom. The number of benzene rings is 1. The summed E-state index contributed by atoms with van der Waals surface area (Å²) in [6.07, 6.45) is -0.561. The van der Waals surface area contributed by atoms with E-state index in [2.05, 4.69) is 31.9 Å². The van der Waals surface area contributed by atoms with Crippen LogP contribution in [0.5, 0.6) is 0 Å². The third-order valence-corrected chi connectivity index (χ3v) is 4.63. The molecule has 0 bridgehead atoms. The fourth-order valence-corrected chi connectivity index (χ4v) is 4.20. The zero-order valence-electron chi connectivity index (χ0n) is 9.50. The van der Waals surface area contributed by atoms with Gasteiger partial charge in [0.05, 0.1) is 3.79 Å². The van der Waals surface area contributed by atoms with E-state index >= 15 is 0 Å². The second kappa shape index (κ2) is 5.22. The molecule has 90 valence electrons. The number of aliphatic hydroxyl groups is 1. The standard InChI is InChI=1S/C13H12Br2OS/c1-7-3-9(5-10(14)4-7)13(16)11-6-12(15)17-8(11)2/h3-6,13,16H,1-2H3. The van der Waals surface area contributed by atoms with Crippen molar-refractivity contribution in [2.45, 2.75) is 20.0 Å². The quantitative estimate of drug-likeness (QED) is 0.785. The van der Waals surface area contributed by atoms with Crippen molar-refractivity contribution in [3.05, 3.63) is 54.1 Å². The van der Waals surface area contributed by atoms with Crippen LogP contribution in [0.25, 0.3) is 0 Å². The summed E-state index contributed by atoms with van der Waals surface area (Å²) >= 11 is 8.56. The van der Waals surface area contributed by atoms with Gasteiger partial charge in [0.1, 0.15) is 6.10 Å². The Balaban J connectivity index is 2.43. The highest BCUT2D eigenvalue weighted by Gasteiger charge is 2.16. The van der Waals surface area contributed by atoms with Gasteiger partial charge in [-0.25, -0.2) is 0 Å². The van der Waals surface area contributed by atoms with Crippen LogP contribution >= 0.6 is 43.2 Å². The van der Waals surface area contributed by atoms with Crippen molar-refractivity contribution in [3.8, 4) is 0 Å². The van der Waals surface area contributed by atoms with E-state index in [0.717, 1.165) is 29.8 Å². The first-order chi connectivity index (χ1) is 7.97. The number of halogens is 2. The Morgan fingerprint density at radius 3 is 2.35 bits per heavy atom. The van der Waals surface area contributed by atoms with E-state index in [1.165, 1.54) is 0 Å². The summed E-state index contributed by atoms with van der Waals surface area (Å²) in [5.74, 6) is 0. The lowest BCUT2D eigenvalue weighted by Crippen LogP contribution is -2.00. The Morgan fingerprint density at radius 2 is 1.82 bits per heavy atom. The van der Waals surface area contributed by atoms with Crippen LogP contribution in [-0.2, 0) is 0 Å². The lowest BCUT2D eigenvalue weighted by Gasteiger charge is -2.12. The molecule has 1 nitrogen and oxygen atoms in total. The molecule has 0 aliphatic carbocycles. The molecule has 0 amide bonds. The van der Waals surface area contributed by atoms with Gasteiger partial charge in [-0.3, -0.25) is 0 Å². The van der Waals surface area contributed by atoms with Crippen LogP contribution in [0, 0.1) is 13.8 Å². The predicted molar refractivity (Wildman–Crippen MR) is 79.7 cm³/mol. The molecule has 2 rings (SSSR count). The molecule has 0 aliphatic heterocycles. The molecule has 2 aromatic rings. The summed E-state index contributed by atoms with van der Waals surface area (Å²) in [6, 6.07) is 8.00. The molecule has 0 saturated carbocycles. The molecule has 0 radical (unpaired) electrons. The minimum absolute atomic E-state index is 0.561. The van der Waals surface area contributed by atoms with E-state index in [0.29, 0.717) is 0 Å². The van der Waals surface area contributed by atoms with Gasteiger partial charge in [-0.15, -0.1) is 11.3 Å². The van der Waals surface area contributed by atoms with Crippen LogP contribution in [0.4, 0.5) is 0 Å². The molecule has 1 N–H and O–H groups in total. The van der Waals surface area contributed by atoms with Crippen molar-refractivity contribution in [2.24, 2.45) is 0 Å². The van der Waals surface area contributed by atoms with Gasteiger partial charge in [0.15, 0.2) is 0 Å². The maximum absolute atomic E-state index is 10.4. The van der Waals surface area contributed by atoms with Crippen molar-refractivity contribution in [1.82, 2.24) is 0 Å². The van der Waals surface area contributed by atoms with Gasteiger partial charge in [0.2, 0.25) is 0 Å². The lowest BCUT2D eigenvalue weighted by molar-refractivity contribution is 0.220. The maximum Gasteiger partial charge on any atom is 0.105 e.